The number of amides is 1. The fourth-order valence-electron chi connectivity index (χ4n) is 2.74. The molecule has 0 aliphatic rings. The summed E-state index contributed by atoms with van der Waals surface area (Å²) in [6.07, 6.45) is 2.64. The van der Waals surface area contributed by atoms with E-state index >= 15 is 0 Å². The Hall–Kier alpha value is -3.41. The van der Waals surface area contributed by atoms with Crippen molar-refractivity contribution in [3.05, 3.63) is 83.8 Å². The highest BCUT2D eigenvalue weighted by atomic mass is 19.1. The molecular formula is C22H22FN3O2. The van der Waals surface area contributed by atoms with Gasteiger partial charge in [0, 0.05) is 6.54 Å². The van der Waals surface area contributed by atoms with Crippen LogP contribution in [0.1, 0.15) is 11.1 Å². The number of nitrogens with zero attached hydrogens (tertiary/aromatic N) is 1. The Kier molecular flexibility index (Phi) is 6.57. The number of ether oxygens (including phenoxy) is 1. The number of hydrogen-bond donors (Lipinski definition) is 2. The van der Waals surface area contributed by atoms with E-state index in [-0.39, 0.29) is 18.1 Å². The number of methoxy groups -OCH3 is 1. The van der Waals surface area contributed by atoms with Gasteiger partial charge in [0.15, 0.2) is 0 Å². The average Bonchev–Trinajstić information content (AvgIpc) is 2.70. The lowest BCUT2D eigenvalue weighted by Crippen LogP contribution is -2.15. The first kappa shape index (κ1) is 19.4. The minimum absolute atomic E-state index is 0.0985. The van der Waals surface area contributed by atoms with Gasteiger partial charge in [-0.2, -0.15) is 0 Å². The van der Waals surface area contributed by atoms with Crippen molar-refractivity contribution in [2.45, 2.75) is 12.8 Å². The number of pyridine rings is 1. The van der Waals surface area contributed by atoms with E-state index in [2.05, 4.69) is 15.6 Å². The van der Waals surface area contributed by atoms with Gasteiger partial charge < -0.3 is 15.4 Å². The van der Waals surface area contributed by atoms with Crippen molar-refractivity contribution in [3.63, 3.8) is 0 Å². The number of carbonyl (C=O) groups excluding carboxylic acids is 1. The third-order valence-corrected chi connectivity index (χ3v) is 4.19. The number of anilines is 2. The number of aromatic nitrogens is 1. The molecule has 0 bridgehead atoms. The van der Waals surface area contributed by atoms with Gasteiger partial charge in [-0.25, -0.2) is 9.37 Å². The predicted octanol–water partition coefficient (Wildman–Crippen LogP) is 4.07. The number of nitrogens with one attached hydrogen (secondary N) is 2. The van der Waals surface area contributed by atoms with E-state index in [9.17, 15) is 9.18 Å². The largest absolute Gasteiger partial charge is 0.497 e. The van der Waals surface area contributed by atoms with E-state index in [4.69, 9.17) is 4.74 Å². The number of carbonyl (C=O) groups is 1. The molecule has 1 aromatic heterocycles. The third-order valence-electron chi connectivity index (χ3n) is 4.19. The molecule has 3 rings (SSSR count). The lowest BCUT2D eigenvalue weighted by atomic mass is 10.1. The monoisotopic (exact) mass is 379 g/mol. The van der Waals surface area contributed by atoms with Crippen molar-refractivity contribution in [2.75, 3.05) is 24.3 Å². The highest BCUT2D eigenvalue weighted by Gasteiger charge is 2.06. The van der Waals surface area contributed by atoms with Gasteiger partial charge in [0.05, 0.1) is 25.4 Å². The second-order valence-electron chi connectivity index (χ2n) is 6.31. The van der Waals surface area contributed by atoms with Crippen LogP contribution < -0.4 is 15.4 Å². The standard InChI is InChI=1S/C22H22FN3O2/c1-28-20-8-5-16(6-9-20)11-12-24-19-7-10-21(25-15-19)26-22(27)14-17-3-2-4-18(23)13-17/h2-10,13,15,24H,11-12,14H2,1H3,(H,25,26,27). The van der Waals surface area contributed by atoms with Crippen molar-refractivity contribution in [1.29, 1.82) is 0 Å². The Morgan fingerprint density at radius 1 is 1.07 bits per heavy atom. The van der Waals surface area contributed by atoms with Crippen molar-refractivity contribution in [1.82, 2.24) is 4.98 Å². The summed E-state index contributed by atoms with van der Waals surface area (Å²) in [4.78, 5) is 16.3. The molecule has 0 unspecified atom stereocenters. The van der Waals surface area contributed by atoms with Crippen LogP contribution in [0.15, 0.2) is 66.9 Å². The molecule has 1 heterocycles. The second-order valence-corrected chi connectivity index (χ2v) is 6.31. The molecule has 144 valence electrons. The maximum Gasteiger partial charge on any atom is 0.229 e. The minimum Gasteiger partial charge on any atom is -0.497 e. The number of hydrogen-bond acceptors (Lipinski definition) is 4. The molecular weight excluding hydrogens is 357 g/mol. The highest BCUT2D eigenvalue weighted by molar-refractivity contribution is 5.91. The summed E-state index contributed by atoms with van der Waals surface area (Å²) in [5.74, 6) is 0.713. The molecule has 0 saturated heterocycles. The van der Waals surface area contributed by atoms with Gasteiger partial charge in [0.1, 0.15) is 17.4 Å². The van der Waals surface area contributed by atoms with Crippen LogP contribution in [0.2, 0.25) is 0 Å². The number of halogens is 1. The van der Waals surface area contributed by atoms with Crippen molar-refractivity contribution >= 4 is 17.4 Å². The molecule has 6 heteroatoms. The van der Waals surface area contributed by atoms with Crippen molar-refractivity contribution < 1.29 is 13.9 Å². The summed E-state index contributed by atoms with van der Waals surface area (Å²) in [5, 5.41) is 6.02. The van der Waals surface area contributed by atoms with Crippen LogP contribution in [0.5, 0.6) is 5.75 Å². The smallest absolute Gasteiger partial charge is 0.229 e. The van der Waals surface area contributed by atoms with Crippen LogP contribution >= 0.6 is 0 Å². The lowest BCUT2D eigenvalue weighted by molar-refractivity contribution is -0.115. The van der Waals surface area contributed by atoms with Crippen LogP contribution in [-0.4, -0.2) is 24.5 Å². The molecule has 0 saturated carbocycles. The molecule has 5 nitrogen and oxygen atoms in total. The van der Waals surface area contributed by atoms with E-state index in [1.807, 2.05) is 30.3 Å². The number of rotatable bonds is 8. The highest BCUT2D eigenvalue weighted by Crippen LogP contribution is 2.13. The SMILES string of the molecule is COc1ccc(CCNc2ccc(NC(=O)Cc3cccc(F)c3)nc2)cc1. The zero-order chi connectivity index (χ0) is 19.8. The molecule has 28 heavy (non-hydrogen) atoms. The van der Waals surface area contributed by atoms with Crippen LogP contribution in [0.4, 0.5) is 15.9 Å². The van der Waals surface area contributed by atoms with Crippen LogP contribution in [0, 0.1) is 5.82 Å². The molecule has 0 fully saturated rings. The first-order valence-corrected chi connectivity index (χ1v) is 8.99. The summed E-state index contributed by atoms with van der Waals surface area (Å²) in [7, 11) is 1.65. The Labute approximate surface area is 163 Å². The molecule has 0 aliphatic heterocycles. The average molecular weight is 379 g/mol. The first-order chi connectivity index (χ1) is 13.6. The van der Waals surface area contributed by atoms with Gasteiger partial charge in [0.2, 0.25) is 5.91 Å². The van der Waals surface area contributed by atoms with Gasteiger partial charge in [-0.05, 0) is 53.9 Å². The molecule has 2 aromatic carbocycles. The van der Waals surface area contributed by atoms with Crippen LogP contribution in [0.25, 0.3) is 0 Å². The van der Waals surface area contributed by atoms with Gasteiger partial charge in [-0.3, -0.25) is 4.79 Å². The predicted molar refractivity (Wildman–Crippen MR) is 108 cm³/mol. The zero-order valence-corrected chi connectivity index (χ0v) is 15.6. The maximum atomic E-state index is 13.2. The molecule has 0 atom stereocenters. The minimum atomic E-state index is -0.353. The Morgan fingerprint density at radius 3 is 2.57 bits per heavy atom. The summed E-state index contributed by atoms with van der Waals surface area (Å²) in [6.45, 7) is 0.763. The van der Waals surface area contributed by atoms with Gasteiger partial charge in [-0.15, -0.1) is 0 Å². The van der Waals surface area contributed by atoms with Crippen LogP contribution in [-0.2, 0) is 17.6 Å². The second kappa shape index (κ2) is 9.50. The fourth-order valence-corrected chi connectivity index (χ4v) is 2.74. The van der Waals surface area contributed by atoms with E-state index in [0.717, 1.165) is 24.4 Å². The van der Waals surface area contributed by atoms with Crippen molar-refractivity contribution in [3.8, 4) is 5.75 Å². The summed E-state index contributed by atoms with van der Waals surface area (Å²) in [5.41, 5.74) is 2.70. The molecule has 1 amide bonds. The normalized spacial score (nSPS) is 10.4. The first-order valence-electron chi connectivity index (χ1n) is 8.99. The van der Waals surface area contributed by atoms with Crippen molar-refractivity contribution in [2.24, 2.45) is 0 Å². The summed E-state index contributed by atoms with van der Waals surface area (Å²) >= 11 is 0. The topological polar surface area (TPSA) is 63.2 Å². The molecule has 0 radical (unpaired) electrons. The van der Waals surface area contributed by atoms with E-state index < -0.39 is 0 Å². The van der Waals surface area contributed by atoms with E-state index in [1.54, 1.807) is 31.5 Å². The summed E-state index contributed by atoms with van der Waals surface area (Å²) < 4.78 is 18.3. The molecule has 2 N–H and O–H groups in total. The number of benzene rings is 2. The molecule has 0 aliphatic carbocycles. The quantitative estimate of drug-likeness (QED) is 0.619. The van der Waals surface area contributed by atoms with Gasteiger partial charge in [-0.1, -0.05) is 24.3 Å². The van der Waals surface area contributed by atoms with Crippen LogP contribution in [0.3, 0.4) is 0 Å². The molecule has 0 spiro atoms. The van der Waals surface area contributed by atoms with E-state index in [0.29, 0.717) is 11.4 Å². The summed E-state index contributed by atoms with van der Waals surface area (Å²) in [6, 6.07) is 17.6. The molecule has 3 aromatic rings. The fraction of sp³-hybridized carbons (Fsp3) is 0.182. The third kappa shape index (κ3) is 5.81. The van der Waals surface area contributed by atoms with Gasteiger partial charge >= 0.3 is 0 Å². The Bertz CT molecular complexity index is 912. The lowest BCUT2D eigenvalue weighted by Gasteiger charge is -2.09. The Morgan fingerprint density at radius 2 is 1.89 bits per heavy atom. The Balaban J connectivity index is 1.45. The zero-order valence-electron chi connectivity index (χ0n) is 15.6. The van der Waals surface area contributed by atoms with Gasteiger partial charge in [0.25, 0.3) is 0 Å². The maximum absolute atomic E-state index is 13.2. The van der Waals surface area contributed by atoms with E-state index in [1.165, 1.54) is 17.7 Å².